The summed E-state index contributed by atoms with van der Waals surface area (Å²) in [6.07, 6.45) is 3.33. The molecule has 2 N–H and O–H groups in total. The van der Waals surface area contributed by atoms with E-state index in [9.17, 15) is 0 Å². The molecule has 1 aliphatic heterocycles. The molecule has 0 aromatic rings. The van der Waals surface area contributed by atoms with E-state index in [-0.39, 0.29) is 0 Å². The summed E-state index contributed by atoms with van der Waals surface area (Å²) >= 11 is 0. The first-order valence-corrected chi connectivity index (χ1v) is 3.01. The standard InChI is InChI=1S/C6H12N2/c1-7-6-2-4-8-5-3-6/h2,7-8H,3-5H2,1H3. The zero-order valence-electron chi connectivity index (χ0n) is 5.20. The Labute approximate surface area is 50.0 Å². The molecule has 46 valence electrons. The molecule has 2 nitrogen and oxygen atoms in total. The minimum Gasteiger partial charge on any atom is -0.392 e. The first-order valence-electron chi connectivity index (χ1n) is 3.01. The molecule has 0 saturated carbocycles. The van der Waals surface area contributed by atoms with Gasteiger partial charge in [-0.05, 0) is 6.42 Å². The molecule has 1 aliphatic rings. The van der Waals surface area contributed by atoms with Gasteiger partial charge in [0.25, 0.3) is 0 Å². The minimum absolute atomic E-state index is 1.02. The first kappa shape index (κ1) is 5.63. The van der Waals surface area contributed by atoms with Crippen LogP contribution in [-0.2, 0) is 0 Å². The summed E-state index contributed by atoms with van der Waals surface area (Å²) in [6.45, 7) is 2.14. The molecule has 0 aliphatic carbocycles. The van der Waals surface area contributed by atoms with E-state index in [4.69, 9.17) is 0 Å². The smallest absolute Gasteiger partial charge is 0.0154 e. The summed E-state index contributed by atoms with van der Waals surface area (Å²) in [5, 5.41) is 6.36. The van der Waals surface area contributed by atoms with E-state index in [0.717, 1.165) is 19.5 Å². The predicted octanol–water partition coefficient (Wildman–Crippen LogP) is 0.0830. The monoisotopic (exact) mass is 112 g/mol. The van der Waals surface area contributed by atoms with Crippen LogP contribution in [0.3, 0.4) is 0 Å². The molecular formula is C6H12N2. The highest BCUT2D eigenvalue weighted by atomic mass is 14.9. The molecule has 0 aromatic heterocycles. The van der Waals surface area contributed by atoms with Crippen LogP contribution >= 0.6 is 0 Å². The van der Waals surface area contributed by atoms with Crippen molar-refractivity contribution in [2.24, 2.45) is 0 Å². The van der Waals surface area contributed by atoms with Crippen LogP contribution in [0.25, 0.3) is 0 Å². The maximum atomic E-state index is 3.23. The highest BCUT2D eigenvalue weighted by Gasteiger charge is 1.97. The van der Waals surface area contributed by atoms with Gasteiger partial charge in [-0.1, -0.05) is 6.08 Å². The van der Waals surface area contributed by atoms with E-state index >= 15 is 0 Å². The lowest BCUT2D eigenvalue weighted by molar-refractivity contribution is 0.672. The van der Waals surface area contributed by atoms with E-state index in [0.29, 0.717) is 0 Å². The maximum Gasteiger partial charge on any atom is 0.0154 e. The van der Waals surface area contributed by atoms with Crippen LogP contribution in [0.15, 0.2) is 11.8 Å². The van der Waals surface area contributed by atoms with Crippen molar-refractivity contribution in [1.82, 2.24) is 10.6 Å². The summed E-state index contributed by atoms with van der Waals surface area (Å²) in [5.74, 6) is 0. The minimum atomic E-state index is 1.02. The van der Waals surface area contributed by atoms with Crippen LogP contribution in [0.1, 0.15) is 6.42 Å². The van der Waals surface area contributed by atoms with Crippen molar-refractivity contribution >= 4 is 0 Å². The molecular weight excluding hydrogens is 100 g/mol. The topological polar surface area (TPSA) is 24.1 Å². The molecule has 0 fully saturated rings. The van der Waals surface area contributed by atoms with Gasteiger partial charge >= 0.3 is 0 Å². The molecule has 0 spiro atoms. The molecule has 0 aromatic carbocycles. The fourth-order valence-corrected chi connectivity index (χ4v) is 0.850. The number of hydrogen-bond acceptors (Lipinski definition) is 2. The Morgan fingerprint density at radius 3 is 3.00 bits per heavy atom. The Hall–Kier alpha value is -0.500. The first-order chi connectivity index (χ1) is 3.93. The van der Waals surface area contributed by atoms with Gasteiger partial charge in [0.05, 0.1) is 0 Å². The van der Waals surface area contributed by atoms with Gasteiger partial charge in [0.2, 0.25) is 0 Å². The van der Waals surface area contributed by atoms with Crippen LogP contribution < -0.4 is 10.6 Å². The Morgan fingerprint density at radius 1 is 1.75 bits per heavy atom. The maximum absolute atomic E-state index is 3.23. The second-order valence-electron chi connectivity index (χ2n) is 1.93. The molecule has 0 saturated heterocycles. The number of nitrogens with one attached hydrogen (secondary N) is 2. The fraction of sp³-hybridized carbons (Fsp3) is 0.667. The quantitative estimate of drug-likeness (QED) is 0.502. The lowest BCUT2D eigenvalue weighted by Crippen LogP contribution is -2.24. The largest absolute Gasteiger partial charge is 0.392 e. The van der Waals surface area contributed by atoms with E-state index in [1.165, 1.54) is 5.70 Å². The van der Waals surface area contributed by atoms with Gasteiger partial charge < -0.3 is 10.6 Å². The van der Waals surface area contributed by atoms with Crippen LogP contribution in [0, 0.1) is 0 Å². The average molecular weight is 112 g/mol. The van der Waals surface area contributed by atoms with E-state index in [1.807, 2.05) is 7.05 Å². The number of rotatable bonds is 1. The molecule has 2 heteroatoms. The lowest BCUT2D eigenvalue weighted by Gasteiger charge is -2.12. The molecule has 1 rings (SSSR count). The van der Waals surface area contributed by atoms with Crippen LogP contribution in [0.5, 0.6) is 0 Å². The van der Waals surface area contributed by atoms with Gasteiger partial charge in [0, 0.05) is 25.8 Å². The van der Waals surface area contributed by atoms with Crippen LogP contribution in [0.4, 0.5) is 0 Å². The molecule has 0 unspecified atom stereocenters. The van der Waals surface area contributed by atoms with Crippen molar-refractivity contribution in [2.75, 3.05) is 20.1 Å². The van der Waals surface area contributed by atoms with E-state index < -0.39 is 0 Å². The number of hydrogen-bond donors (Lipinski definition) is 2. The Bertz CT molecular complexity index is 96.7. The second kappa shape index (κ2) is 2.72. The van der Waals surface area contributed by atoms with Crippen LogP contribution in [-0.4, -0.2) is 20.1 Å². The summed E-state index contributed by atoms with van der Waals surface area (Å²) in [4.78, 5) is 0. The highest BCUT2D eigenvalue weighted by molar-refractivity contribution is 5.03. The Kier molecular flexibility index (Phi) is 1.92. The van der Waals surface area contributed by atoms with Crippen molar-refractivity contribution in [3.05, 3.63) is 11.8 Å². The molecule has 1 heterocycles. The van der Waals surface area contributed by atoms with E-state index in [2.05, 4.69) is 16.7 Å². The fourth-order valence-electron chi connectivity index (χ4n) is 0.850. The summed E-state index contributed by atoms with van der Waals surface area (Å²) in [5.41, 5.74) is 1.36. The highest BCUT2D eigenvalue weighted by Crippen LogP contribution is 1.96. The lowest BCUT2D eigenvalue weighted by atomic mass is 10.2. The zero-order valence-corrected chi connectivity index (χ0v) is 5.20. The molecule has 8 heavy (non-hydrogen) atoms. The van der Waals surface area contributed by atoms with Gasteiger partial charge in [-0.15, -0.1) is 0 Å². The molecule has 0 bridgehead atoms. The summed E-state index contributed by atoms with van der Waals surface area (Å²) in [6, 6.07) is 0. The van der Waals surface area contributed by atoms with Crippen molar-refractivity contribution in [3.8, 4) is 0 Å². The summed E-state index contributed by atoms with van der Waals surface area (Å²) in [7, 11) is 1.97. The SMILES string of the molecule is CNC1=CCNCC1. The van der Waals surface area contributed by atoms with Crippen molar-refractivity contribution < 1.29 is 0 Å². The van der Waals surface area contributed by atoms with Crippen molar-refractivity contribution in [3.63, 3.8) is 0 Å². The van der Waals surface area contributed by atoms with Gasteiger partial charge in [0.15, 0.2) is 0 Å². The van der Waals surface area contributed by atoms with E-state index in [1.54, 1.807) is 0 Å². The summed E-state index contributed by atoms with van der Waals surface area (Å²) < 4.78 is 0. The average Bonchev–Trinajstić information content (AvgIpc) is 1.90. The third-order valence-electron chi connectivity index (χ3n) is 1.39. The predicted molar refractivity (Wildman–Crippen MR) is 34.6 cm³/mol. The Morgan fingerprint density at radius 2 is 2.62 bits per heavy atom. The van der Waals surface area contributed by atoms with Gasteiger partial charge in [-0.3, -0.25) is 0 Å². The Balaban J connectivity index is 2.37. The van der Waals surface area contributed by atoms with Crippen molar-refractivity contribution in [2.45, 2.75) is 6.42 Å². The van der Waals surface area contributed by atoms with Crippen LogP contribution in [0.2, 0.25) is 0 Å². The second-order valence-corrected chi connectivity index (χ2v) is 1.93. The van der Waals surface area contributed by atoms with Gasteiger partial charge in [-0.25, -0.2) is 0 Å². The van der Waals surface area contributed by atoms with Gasteiger partial charge in [-0.2, -0.15) is 0 Å². The third kappa shape index (κ3) is 1.23. The zero-order chi connectivity index (χ0) is 5.82. The van der Waals surface area contributed by atoms with Crippen molar-refractivity contribution in [1.29, 1.82) is 0 Å². The molecule has 0 radical (unpaired) electrons. The normalized spacial score (nSPS) is 19.9. The molecule has 0 atom stereocenters. The third-order valence-corrected chi connectivity index (χ3v) is 1.39. The molecule has 0 amide bonds. The van der Waals surface area contributed by atoms with Gasteiger partial charge in [0.1, 0.15) is 0 Å².